The molecule has 2 unspecified atom stereocenters. The molecule has 2 fully saturated rings. The number of hydrogen-bond donors (Lipinski definition) is 0. The van der Waals surface area contributed by atoms with E-state index in [4.69, 9.17) is 4.99 Å². The van der Waals surface area contributed by atoms with Gasteiger partial charge in [0, 0.05) is 18.5 Å². The number of nitrogens with zero attached hydrogens (tertiary/aromatic N) is 5. The standard InChI is InChI=1S/C24H30N5O3/c1-16-13-27(18-11-7-4-8-12-18)23-25-21-20(28(23)14-16)22(31)29(24(32)26(21)2)15-19(30)17-9-5-3-6-10-17/h3,5-6,9-10,16,18,20H,4,7-8,11-15H2,1-2H3/q+1. The van der Waals surface area contributed by atoms with Gasteiger partial charge in [0.2, 0.25) is 11.9 Å². The SMILES string of the molecule is CC1CN(C2CCCCC2)C2=[N+](C1)C1C(=O)N(CC(=O)c3ccccc3)C(=O)N(C)C1=N2. The van der Waals surface area contributed by atoms with Crippen LogP contribution in [0.2, 0.25) is 0 Å². The molecule has 8 heteroatoms. The first-order chi connectivity index (χ1) is 15.5. The fourth-order valence-electron chi connectivity index (χ4n) is 5.44. The van der Waals surface area contributed by atoms with E-state index in [2.05, 4.69) is 16.4 Å². The summed E-state index contributed by atoms with van der Waals surface area (Å²) in [6.07, 6.45) is 5.99. The van der Waals surface area contributed by atoms with Crippen LogP contribution in [0, 0.1) is 5.92 Å². The number of hydrogen-bond acceptors (Lipinski definition) is 5. The van der Waals surface area contributed by atoms with Crippen LogP contribution in [0.4, 0.5) is 4.79 Å². The van der Waals surface area contributed by atoms with Crippen molar-refractivity contribution >= 4 is 29.5 Å². The number of Topliss-reactive ketones (excluding diaryl/α,β-unsaturated/α-hetero) is 1. The van der Waals surface area contributed by atoms with Gasteiger partial charge < -0.3 is 0 Å². The Morgan fingerprint density at radius 3 is 2.56 bits per heavy atom. The highest BCUT2D eigenvalue weighted by Gasteiger charge is 2.55. The summed E-state index contributed by atoms with van der Waals surface area (Å²) in [6, 6.07) is 8.07. The number of ketones is 1. The molecule has 8 nitrogen and oxygen atoms in total. The highest BCUT2D eigenvalue weighted by molar-refractivity contribution is 6.24. The maximum absolute atomic E-state index is 13.5. The van der Waals surface area contributed by atoms with Gasteiger partial charge in [-0.05, 0) is 12.8 Å². The highest BCUT2D eigenvalue weighted by Crippen LogP contribution is 2.30. The Hall–Kier alpha value is -3.03. The molecule has 32 heavy (non-hydrogen) atoms. The third-order valence-electron chi connectivity index (χ3n) is 7.08. The van der Waals surface area contributed by atoms with Crippen LogP contribution in [0.15, 0.2) is 35.3 Å². The molecular weight excluding hydrogens is 406 g/mol. The number of carbonyl (C=O) groups is 3. The van der Waals surface area contributed by atoms with E-state index in [-0.39, 0.29) is 18.2 Å². The summed E-state index contributed by atoms with van der Waals surface area (Å²) >= 11 is 0. The zero-order chi connectivity index (χ0) is 22.4. The second kappa shape index (κ2) is 8.15. The highest BCUT2D eigenvalue weighted by atomic mass is 16.2. The molecule has 0 N–H and O–H groups in total. The van der Waals surface area contributed by atoms with Gasteiger partial charge in [-0.2, -0.15) is 0 Å². The summed E-state index contributed by atoms with van der Waals surface area (Å²) in [5.41, 5.74) is 0.490. The van der Waals surface area contributed by atoms with Crippen LogP contribution in [0.1, 0.15) is 49.4 Å². The topological polar surface area (TPSA) is 76.3 Å². The third kappa shape index (κ3) is 3.42. The quantitative estimate of drug-likeness (QED) is 0.536. The minimum Gasteiger partial charge on any atom is -0.292 e. The first-order valence-electron chi connectivity index (χ1n) is 11.6. The lowest BCUT2D eigenvalue weighted by Crippen LogP contribution is -2.64. The molecule has 0 radical (unpaired) electrons. The molecule has 1 aromatic carbocycles. The van der Waals surface area contributed by atoms with Crippen LogP contribution < -0.4 is 0 Å². The van der Waals surface area contributed by atoms with Crippen molar-refractivity contribution in [2.75, 3.05) is 26.7 Å². The van der Waals surface area contributed by atoms with Gasteiger partial charge in [0.05, 0.1) is 25.7 Å². The number of imide groups is 1. The molecule has 2 atom stereocenters. The molecule has 0 bridgehead atoms. The van der Waals surface area contributed by atoms with Crippen molar-refractivity contribution in [3.05, 3.63) is 35.9 Å². The number of amidine groups is 1. The van der Waals surface area contributed by atoms with Crippen molar-refractivity contribution in [1.29, 1.82) is 0 Å². The molecule has 1 saturated carbocycles. The minimum absolute atomic E-state index is 0.251. The van der Waals surface area contributed by atoms with Gasteiger partial charge in [0.25, 0.3) is 5.91 Å². The zero-order valence-corrected chi connectivity index (χ0v) is 18.7. The van der Waals surface area contributed by atoms with Crippen LogP contribution in [-0.4, -0.2) is 87.6 Å². The number of fused-ring (bicyclic) bond motifs is 2. The smallest absolute Gasteiger partial charge is 0.292 e. The maximum Gasteiger partial charge on any atom is 0.392 e. The molecule has 1 aromatic rings. The van der Waals surface area contributed by atoms with E-state index in [0.29, 0.717) is 29.9 Å². The molecule has 4 aliphatic rings. The summed E-state index contributed by atoms with van der Waals surface area (Å²) in [4.78, 5) is 49.1. The largest absolute Gasteiger partial charge is 0.392 e. The lowest BCUT2D eigenvalue weighted by Gasteiger charge is -2.37. The average Bonchev–Trinajstić information content (AvgIpc) is 3.20. The molecule has 0 spiro atoms. The second-order valence-corrected chi connectivity index (χ2v) is 9.43. The Labute approximate surface area is 188 Å². The van der Waals surface area contributed by atoms with E-state index in [0.717, 1.165) is 30.2 Å². The first kappa shape index (κ1) is 20.8. The Balaban J connectivity index is 1.45. The number of carbonyl (C=O) groups excluding carboxylic acids is 3. The fourth-order valence-corrected chi connectivity index (χ4v) is 5.44. The summed E-state index contributed by atoms with van der Waals surface area (Å²) in [7, 11) is 1.65. The molecule has 1 aliphatic carbocycles. The molecule has 3 heterocycles. The Morgan fingerprint density at radius 1 is 1.12 bits per heavy atom. The molecule has 5 rings (SSSR count). The van der Waals surface area contributed by atoms with Crippen molar-refractivity contribution in [2.45, 2.75) is 51.1 Å². The second-order valence-electron chi connectivity index (χ2n) is 9.43. The Morgan fingerprint density at radius 2 is 1.84 bits per heavy atom. The predicted molar refractivity (Wildman–Crippen MR) is 120 cm³/mol. The normalized spacial score (nSPS) is 26.3. The van der Waals surface area contributed by atoms with Gasteiger partial charge in [0.15, 0.2) is 5.78 Å². The number of benzene rings is 1. The zero-order valence-electron chi connectivity index (χ0n) is 18.7. The number of urea groups is 1. The van der Waals surface area contributed by atoms with Crippen LogP contribution in [0.5, 0.6) is 0 Å². The van der Waals surface area contributed by atoms with Crippen molar-refractivity contribution in [2.24, 2.45) is 10.9 Å². The van der Waals surface area contributed by atoms with Crippen LogP contribution >= 0.6 is 0 Å². The average molecular weight is 437 g/mol. The number of guanidine groups is 1. The van der Waals surface area contributed by atoms with E-state index in [1.807, 2.05) is 6.07 Å². The van der Waals surface area contributed by atoms with Gasteiger partial charge in [-0.15, -0.1) is 0 Å². The maximum atomic E-state index is 13.5. The van der Waals surface area contributed by atoms with Crippen molar-refractivity contribution in [3.8, 4) is 0 Å². The van der Waals surface area contributed by atoms with Crippen molar-refractivity contribution in [3.63, 3.8) is 0 Å². The van der Waals surface area contributed by atoms with Gasteiger partial charge in [-0.1, -0.05) is 61.5 Å². The number of amides is 3. The van der Waals surface area contributed by atoms with E-state index >= 15 is 0 Å². The van der Waals surface area contributed by atoms with Crippen LogP contribution in [0.25, 0.3) is 0 Å². The minimum atomic E-state index is -0.648. The van der Waals surface area contributed by atoms with Crippen molar-refractivity contribution in [1.82, 2.24) is 14.7 Å². The predicted octanol–water partition coefficient (Wildman–Crippen LogP) is 2.20. The van der Waals surface area contributed by atoms with Gasteiger partial charge in [0.1, 0.15) is 0 Å². The molecule has 3 aliphatic heterocycles. The lowest BCUT2D eigenvalue weighted by atomic mass is 9.93. The third-order valence-corrected chi connectivity index (χ3v) is 7.08. The number of rotatable bonds is 4. The van der Waals surface area contributed by atoms with Gasteiger partial charge in [-0.3, -0.25) is 24.3 Å². The summed E-state index contributed by atoms with van der Waals surface area (Å²) in [6.45, 7) is 3.57. The fraction of sp³-hybridized carbons (Fsp3) is 0.542. The van der Waals surface area contributed by atoms with Crippen LogP contribution in [0.3, 0.4) is 0 Å². The van der Waals surface area contributed by atoms with Gasteiger partial charge in [-0.25, -0.2) is 9.37 Å². The Bertz CT molecular complexity index is 1010. The number of likely N-dealkylation sites (N-methyl/N-ethyl adjacent to an activating group) is 1. The molecule has 0 aromatic heterocycles. The lowest BCUT2D eigenvalue weighted by molar-refractivity contribution is -0.552. The van der Waals surface area contributed by atoms with E-state index < -0.39 is 12.1 Å². The summed E-state index contributed by atoms with van der Waals surface area (Å²) in [5, 5.41) is 0. The number of aliphatic imine (C=N–C) groups is 1. The monoisotopic (exact) mass is 436 g/mol. The van der Waals surface area contributed by atoms with Crippen LogP contribution in [-0.2, 0) is 4.79 Å². The molecular formula is C24H30N5O3+. The Kier molecular flexibility index (Phi) is 5.31. The summed E-state index contributed by atoms with van der Waals surface area (Å²) in [5.74, 6) is 1.07. The molecule has 1 saturated heterocycles. The molecule has 3 amide bonds. The molecule has 168 valence electrons. The van der Waals surface area contributed by atoms with E-state index in [1.165, 1.54) is 24.2 Å². The van der Waals surface area contributed by atoms with Crippen molar-refractivity contribution < 1.29 is 19.0 Å². The van der Waals surface area contributed by atoms with Gasteiger partial charge >= 0.3 is 12.0 Å². The first-order valence-corrected chi connectivity index (χ1v) is 11.6. The van der Waals surface area contributed by atoms with E-state index in [9.17, 15) is 14.4 Å². The summed E-state index contributed by atoms with van der Waals surface area (Å²) < 4.78 is 2.06. The van der Waals surface area contributed by atoms with E-state index in [1.54, 1.807) is 31.3 Å².